The number of hydrogen-bond donors (Lipinski definition) is 2. The fraction of sp³-hybridized carbons (Fsp3) is 0.294. The minimum Gasteiger partial charge on any atom is -0.466 e. The highest BCUT2D eigenvalue weighted by molar-refractivity contribution is 5.96. The molecular weight excluding hydrogens is 328 g/mol. The van der Waals surface area contributed by atoms with Crippen molar-refractivity contribution in [3.63, 3.8) is 0 Å². The predicted octanol–water partition coefficient (Wildman–Crippen LogP) is 0.195. The van der Waals surface area contributed by atoms with Gasteiger partial charge in [-0.25, -0.2) is 9.59 Å². The molecule has 0 bridgehead atoms. The lowest BCUT2D eigenvalue weighted by molar-refractivity contribution is -0.139. The molecule has 0 aliphatic rings. The van der Waals surface area contributed by atoms with Crippen molar-refractivity contribution < 1.29 is 28.7 Å². The number of nitrogens with one attached hydrogen (secondary N) is 2. The van der Waals surface area contributed by atoms with E-state index in [1.807, 2.05) is 0 Å². The van der Waals surface area contributed by atoms with Gasteiger partial charge in [0.05, 0.1) is 20.3 Å². The van der Waals surface area contributed by atoms with Crippen molar-refractivity contribution in [1.29, 1.82) is 0 Å². The molecule has 0 unspecified atom stereocenters. The Hall–Kier alpha value is -3.16. The molecule has 1 aromatic carbocycles. The van der Waals surface area contributed by atoms with Gasteiger partial charge in [0.1, 0.15) is 0 Å². The lowest BCUT2D eigenvalue weighted by atomic mass is 10.2. The number of carbonyl (C=O) groups is 4. The van der Waals surface area contributed by atoms with Crippen LogP contribution in [0.5, 0.6) is 0 Å². The molecule has 8 nitrogen and oxygen atoms in total. The summed E-state index contributed by atoms with van der Waals surface area (Å²) in [4.78, 5) is 45.3. The molecule has 0 spiro atoms. The summed E-state index contributed by atoms with van der Waals surface area (Å²) in [5.74, 6) is -2.00. The van der Waals surface area contributed by atoms with E-state index in [1.165, 1.54) is 7.11 Å². The second kappa shape index (κ2) is 11.4. The number of methoxy groups -OCH3 is 1. The Morgan fingerprint density at radius 2 is 1.68 bits per heavy atom. The fourth-order valence-corrected chi connectivity index (χ4v) is 1.64. The molecule has 0 aromatic heterocycles. The molecule has 2 N–H and O–H groups in total. The molecule has 2 amide bonds. The van der Waals surface area contributed by atoms with Crippen LogP contribution < -0.4 is 10.6 Å². The fourth-order valence-electron chi connectivity index (χ4n) is 1.64. The maximum Gasteiger partial charge on any atom is 0.331 e. The van der Waals surface area contributed by atoms with Crippen LogP contribution in [0.25, 0.3) is 0 Å². The maximum atomic E-state index is 11.7. The van der Waals surface area contributed by atoms with E-state index in [2.05, 4.69) is 15.4 Å². The second-order valence-corrected chi connectivity index (χ2v) is 4.78. The smallest absolute Gasteiger partial charge is 0.331 e. The van der Waals surface area contributed by atoms with Crippen molar-refractivity contribution in [3.8, 4) is 0 Å². The van der Waals surface area contributed by atoms with Crippen molar-refractivity contribution in [3.05, 3.63) is 48.0 Å². The highest BCUT2D eigenvalue weighted by Gasteiger charge is 2.07. The lowest BCUT2D eigenvalue weighted by Crippen LogP contribution is -2.37. The summed E-state index contributed by atoms with van der Waals surface area (Å²) in [6, 6.07) is 8.56. The summed E-state index contributed by atoms with van der Waals surface area (Å²) in [5.41, 5.74) is 0.474. The van der Waals surface area contributed by atoms with Crippen molar-refractivity contribution in [2.75, 3.05) is 26.8 Å². The van der Waals surface area contributed by atoms with Gasteiger partial charge < -0.3 is 20.1 Å². The Balaban J connectivity index is 2.11. The molecule has 0 heterocycles. The van der Waals surface area contributed by atoms with E-state index in [-0.39, 0.29) is 31.5 Å². The van der Waals surface area contributed by atoms with Crippen molar-refractivity contribution >= 4 is 23.8 Å². The first-order valence-electron chi connectivity index (χ1n) is 7.55. The third kappa shape index (κ3) is 8.89. The van der Waals surface area contributed by atoms with Crippen LogP contribution in [0.1, 0.15) is 16.8 Å². The molecule has 1 aromatic rings. The van der Waals surface area contributed by atoms with Gasteiger partial charge in [0, 0.05) is 24.3 Å². The molecule has 0 radical (unpaired) electrons. The van der Waals surface area contributed by atoms with Crippen molar-refractivity contribution in [2.24, 2.45) is 0 Å². The van der Waals surface area contributed by atoms with Crippen LogP contribution in [-0.4, -0.2) is 50.6 Å². The average Bonchev–Trinajstić information content (AvgIpc) is 2.64. The van der Waals surface area contributed by atoms with E-state index in [4.69, 9.17) is 4.74 Å². The first-order valence-corrected chi connectivity index (χ1v) is 7.55. The van der Waals surface area contributed by atoms with Gasteiger partial charge in [-0.3, -0.25) is 9.59 Å². The molecule has 0 aliphatic heterocycles. The third-order valence-electron chi connectivity index (χ3n) is 2.89. The van der Waals surface area contributed by atoms with Crippen LogP contribution >= 0.6 is 0 Å². The van der Waals surface area contributed by atoms with Crippen LogP contribution in [0.4, 0.5) is 0 Å². The molecule has 0 saturated heterocycles. The number of rotatable bonds is 9. The minimum absolute atomic E-state index is 0.0843. The number of benzene rings is 1. The Bertz CT molecular complexity index is 627. The van der Waals surface area contributed by atoms with E-state index < -0.39 is 11.9 Å². The van der Waals surface area contributed by atoms with E-state index in [1.54, 1.807) is 30.3 Å². The number of carbonyl (C=O) groups excluding carboxylic acids is 4. The molecule has 134 valence electrons. The largest absolute Gasteiger partial charge is 0.466 e. The molecule has 1 rings (SSSR count). The Labute approximate surface area is 145 Å². The predicted molar refractivity (Wildman–Crippen MR) is 88.5 cm³/mol. The molecule has 8 heteroatoms. The summed E-state index contributed by atoms with van der Waals surface area (Å²) in [6.45, 7) is 0.227. The highest BCUT2D eigenvalue weighted by Crippen LogP contribution is 1.97. The third-order valence-corrected chi connectivity index (χ3v) is 2.89. The lowest BCUT2D eigenvalue weighted by Gasteiger charge is -2.07. The topological polar surface area (TPSA) is 111 Å². The van der Waals surface area contributed by atoms with Crippen molar-refractivity contribution in [1.82, 2.24) is 10.6 Å². The molecule has 0 saturated carbocycles. The zero-order valence-corrected chi connectivity index (χ0v) is 13.8. The number of amides is 2. The Morgan fingerprint density at radius 1 is 1.00 bits per heavy atom. The van der Waals surface area contributed by atoms with Crippen LogP contribution in [0.2, 0.25) is 0 Å². The molecule has 0 atom stereocenters. The molecule has 0 aliphatic carbocycles. The van der Waals surface area contributed by atoms with E-state index in [9.17, 15) is 19.2 Å². The standard InChI is InChI=1S/C17H20N2O6/c1-24-15(21)8-9-16(22)25-11-5-10-18-14(20)12-19-17(23)13-6-3-2-4-7-13/h2-4,6-9H,5,10-12H2,1H3,(H,18,20)(H,19,23)/b9-8+. The normalized spacial score (nSPS) is 10.1. The van der Waals surface area contributed by atoms with Gasteiger partial charge in [0.2, 0.25) is 5.91 Å². The van der Waals surface area contributed by atoms with E-state index in [0.29, 0.717) is 12.0 Å². The first-order chi connectivity index (χ1) is 12.0. The van der Waals surface area contributed by atoms with Crippen molar-refractivity contribution in [2.45, 2.75) is 6.42 Å². The first kappa shape index (κ1) is 19.9. The van der Waals surface area contributed by atoms with Gasteiger partial charge in [-0.2, -0.15) is 0 Å². The zero-order valence-electron chi connectivity index (χ0n) is 13.8. The van der Waals surface area contributed by atoms with Crippen LogP contribution in [0, 0.1) is 0 Å². The number of ether oxygens (including phenoxy) is 2. The zero-order chi connectivity index (χ0) is 18.5. The Kier molecular flexibility index (Phi) is 9.06. The molecular formula is C17H20N2O6. The van der Waals surface area contributed by atoms with E-state index >= 15 is 0 Å². The maximum absolute atomic E-state index is 11.7. The van der Waals surface area contributed by atoms with Gasteiger partial charge >= 0.3 is 11.9 Å². The summed E-state index contributed by atoms with van der Waals surface area (Å²) in [6.07, 6.45) is 2.32. The van der Waals surface area contributed by atoms with Gasteiger partial charge in [-0.1, -0.05) is 18.2 Å². The van der Waals surface area contributed by atoms with Gasteiger partial charge in [0.15, 0.2) is 0 Å². The highest BCUT2D eigenvalue weighted by atomic mass is 16.5. The summed E-state index contributed by atoms with van der Waals surface area (Å²) < 4.78 is 9.15. The second-order valence-electron chi connectivity index (χ2n) is 4.78. The molecule has 0 fully saturated rings. The number of hydrogen-bond acceptors (Lipinski definition) is 6. The summed E-state index contributed by atoms with van der Waals surface area (Å²) in [7, 11) is 1.20. The van der Waals surface area contributed by atoms with Gasteiger partial charge in [-0.05, 0) is 18.6 Å². The monoisotopic (exact) mass is 348 g/mol. The average molecular weight is 348 g/mol. The summed E-state index contributed by atoms with van der Waals surface area (Å²) in [5, 5.41) is 5.09. The quantitative estimate of drug-likeness (QED) is 0.375. The SMILES string of the molecule is COC(=O)/C=C/C(=O)OCCCNC(=O)CNC(=O)c1ccccc1. The van der Waals surface area contributed by atoms with E-state index in [0.717, 1.165) is 12.2 Å². The van der Waals surface area contributed by atoms with Crippen LogP contribution in [0.15, 0.2) is 42.5 Å². The van der Waals surface area contributed by atoms with Gasteiger partial charge in [-0.15, -0.1) is 0 Å². The van der Waals surface area contributed by atoms with Crippen LogP contribution in [-0.2, 0) is 23.9 Å². The van der Waals surface area contributed by atoms with Crippen LogP contribution in [0.3, 0.4) is 0 Å². The number of esters is 2. The minimum atomic E-state index is -0.674. The Morgan fingerprint density at radius 3 is 2.36 bits per heavy atom. The molecule has 25 heavy (non-hydrogen) atoms. The van der Waals surface area contributed by atoms with Gasteiger partial charge in [0.25, 0.3) is 5.91 Å². The summed E-state index contributed by atoms with van der Waals surface area (Å²) >= 11 is 0.